The highest BCUT2D eigenvalue weighted by Gasteiger charge is 2.19. The SMILES string of the molecule is CCOc1cc(C(=O)N[C@@H](C)CC(C)C)cc(OCC)c1OCC. The maximum atomic E-state index is 12.6. The van der Waals surface area contributed by atoms with Crippen LogP contribution in [0.5, 0.6) is 17.2 Å². The molecule has 0 saturated heterocycles. The highest BCUT2D eigenvalue weighted by atomic mass is 16.5. The first-order chi connectivity index (χ1) is 11.4. The molecule has 5 heteroatoms. The molecule has 0 aliphatic carbocycles. The molecule has 0 aliphatic rings. The van der Waals surface area contributed by atoms with Crippen LogP contribution >= 0.6 is 0 Å². The largest absolute Gasteiger partial charge is 0.490 e. The first-order valence-corrected chi connectivity index (χ1v) is 8.80. The van der Waals surface area contributed by atoms with Gasteiger partial charge < -0.3 is 19.5 Å². The van der Waals surface area contributed by atoms with Crippen LogP contribution in [0.15, 0.2) is 12.1 Å². The molecule has 1 amide bonds. The second-order valence-electron chi connectivity index (χ2n) is 6.10. The molecule has 0 radical (unpaired) electrons. The van der Waals surface area contributed by atoms with Crippen LogP contribution in [0.2, 0.25) is 0 Å². The Labute approximate surface area is 145 Å². The monoisotopic (exact) mass is 337 g/mol. The van der Waals surface area contributed by atoms with E-state index in [4.69, 9.17) is 14.2 Å². The van der Waals surface area contributed by atoms with Crippen molar-refractivity contribution in [1.29, 1.82) is 0 Å². The third kappa shape index (κ3) is 5.95. The summed E-state index contributed by atoms with van der Waals surface area (Å²) in [4.78, 5) is 12.6. The minimum absolute atomic E-state index is 0.107. The van der Waals surface area contributed by atoms with E-state index in [1.54, 1.807) is 12.1 Å². The molecule has 0 saturated carbocycles. The molecule has 1 aromatic carbocycles. The molecule has 0 heterocycles. The van der Waals surface area contributed by atoms with E-state index < -0.39 is 0 Å². The summed E-state index contributed by atoms with van der Waals surface area (Å²) in [6.07, 6.45) is 0.930. The summed E-state index contributed by atoms with van der Waals surface area (Å²) in [5.74, 6) is 2.01. The van der Waals surface area contributed by atoms with Gasteiger partial charge in [-0.2, -0.15) is 0 Å². The van der Waals surface area contributed by atoms with Crippen LogP contribution in [0, 0.1) is 5.92 Å². The van der Waals surface area contributed by atoms with Crippen molar-refractivity contribution in [1.82, 2.24) is 5.32 Å². The second kappa shape index (κ2) is 10.1. The van der Waals surface area contributed by atoms with Gasteiger partial charge in [-0.15, -0.1) is 0 Å². The van der Waals surface area contributed by atoms with Gasteiger partial charge in [0.2, 0.25) is 5.75 Å². The third-order valence-corrected chi connectivity index (χ3v) is 3.37. The highest BCUT2D eigenvalue weighted by Crippen LogP contribution is 2.39. The number of hydrogen-bond acceptors (Lipinski definition) is 4. The van der Waals surface area contributed by atoms with Crippen molar-refractivity contribution in [2.75, 3.05) is 19.8 Å². The Bertz CT molecular complexity index is 501. The topological polar surface area (TPSA) is 56.8 Å². The van der Waals surface area contributed by atoms with Crippen LogP contribution in [0.25, 0.3) is 0 Å². The van der Waals surface area contributed by atoms with E-state index in [9.17, 15) is 4.79 Å². The van der Waals surface area contributed by atoms with Gasteiger partial charge in [-0.1, -0.05) is 13.8 Å². The first kappa shape index (κ1) is 20.1. The van der Waals surface area contributed by atoms with Crippen molar-refractivity contribution >= 4 is 5.91 Å². The van der Waals surface area contributed by atoms with Gasteiger partial charge in [0.05, 0.1) is 19.8 Å². The van der Waals surface area contributed by atoms with Crippen molar-refractivity contribution in [2.45, 2.75) is 54.0 Å². The Kier molecular flexibility index (Phi) is 8.44. The molecule has 1 atom stereocenters. The number of hydrogen-bond donors (Lipinski definition) is 1. The van der Waals surface area contributed by atoms with E-state index in [-0.39, 0.29) is 11.9 Å². The van der Waals surface area contributed by atoms with Crippen LogP contribution in [-0.2, 0) is 0 Å². The van der Waals surface area contributed by atoms with Gasteiger partial charge >= 0.3 is 0 Å². The lowest BCUT2D eigenvalue weighted by Gasteiger charge is -2.19. The first-order valence-electron chi connectivity index (χ1n) is 8.80. The Hall–Kier alpha value is -1.91. The molecule has 5 nitrogen and oxygen atoms in total. The van der Waals surface area contributed by atoms with Gasteiger partial charge in [0, 0.05) is 11.6 Å². The summed E-state index contributed by atoms with van der Waals surface area (Å²) in [7, 11) is 0. The normalized spacial score (nSPS) is 12.0. The molecule has 0 fully saturated rings. The second-order valence-corrected chi connectivity index (χ2v) is 6.10. The Morgan fingerprint density at radius 2 is 1.46 bits per heavy atom. The molecule has 0 aromatic heterocycles. The van der Waals surface area contributed by atoms with Gasteiger partial charge in [0.15, 0.2) is 11.5 Å². The zero-order valence-corrected chi connectivity index (χ0v) is 15.8. The van der Waals surface area contributed by atoms with Crippen molar-refractivity contribution < 1.29 is 19.0 Å². The lowest BCUT2D eigenvalue weighted by molar-refractivity contribution is 0.0935. The Balaban J connectivity index is 3.11. The molecule has 0 unspecified atom stereocenters. The minimum Gasteiger partial charge on any atom is -0.490 e. The van der Waals surface area contributed by atoms with Crippen molar-refractivity contribution in [3.05, 3.63) is 17.7 Å². The summed E-state index contributed by atoms with van der Waals surface area (Å²) < 4.78 is 17.0. The third-order valence-electron chi connectivity index (χ3n) is 3.37. The van der Waals surface area contributed by atoms with Gasteiger partial charge in [-0.05, 0) is 52.2 Å². The van der Waals surface area contributed by atoms with Crippen LogP contribution in [-0.4, -0.2) is 31.8 Å². The van der Waals surface area contributed by atoms with Crippen LogP contribution in [0.1, 0.15) is 58.3 Å². The number of amides is 1. The Morgan fingerprint density at radius 1 is 0.958 bits per heavy atom. The number of benzene rings is 1. The summed E-state index contributed by atoms with van der Waals surface area (Å²) in [6, 6.07) is 3.54. The predicted octanol–water partition coefficient (Wildman–Crippen LogP) is 4.05. The number of carbonyl (C=O) groups excluding carboxylic acids is 1. The summed E-state index contributed by atoms with van der Waals surface area (Å²) in [5.41, 5.74) is 0.515. The zero-order valence-electron chi connectivity index (χ0n) is 15.8. The van der Waals surface area contributed by atoms with Gasteiger partial charge in [-0.25, -0.2) is 0 Å². The lowest BCUT2D eigenvalue weighted by Crippen LogP contribution is -2.33. The summed E-state index contributed by atoms with van der Waals surface area (Å²) in [6.45, 7) is 13.5. The molecule has 24 heavy (non-hydrogen) atoms. The molecule has 136 valence electrons. The van der Waals surface area contributed by atoms with E-state index in [0.29, 0.717) is 48.6 Å². The van der Waals surface area contributed by atoms with E-state index in [1.165, 1.54) is 0 Å². The van der Waals surface area contributed by atoms with E-state index in [0.717, 1.165) is 6.42 Å². The molecular weight excluding hydrogens is 306 g/mol. The molecule has 1 N–H and O–H groups in total. The standard InChI is InChI=1S/C19H31NO4/c1-7-22-16-11-15(19(21)20-14(6)10-13(4)5)12-17(23-8-2)18(16)24-9-3/h11-14H,7-10H2,1-6H3,(H,20,21)/t14-/m0/s1. The average Bonchev–Trinajstić information content (AvgIpc) is 2.49. The fraction of sp³-hybridized carbons (Fsp3) is 0.632. The maximum absolute atomic E-state index is 12.6. The maximum Gasteiger partial charge on any atom is 0.251 e. The molecule has 0 spiro atoms. The van der Waals surface area contributed by atoms with Crippen molar-refractivity contribution in [3.8, 4) is 17.2 Å². The van der Waals surface area contributed by atoms with Crippen LogP contribution < -0.4 is 19.5 Å². The number of carbonyl (C=O) groups is 1. The van der Waals surface area contributed by atoms with E-state index >= 15 is 0 Å². The van der Waals surface area contributed by atoms with Crippen molar-refractivity contribution in [3.63, 3.8) is 0 Å². The predicted molar refractivity (Wildman–Crippen MR) is 96.3 cm³/mol. The van der Waals surface area contributed by atoms with Gasteiger partial charge in [-0.3, -0.25) is 4.79 Å². The number of rotatable bonds is 10. The number of ether oxygens (including phenoxy) is 3. The molecule has 1 rings (SSSR count). The average molecular weight is 337 g/mol. The quantitative estimate of drug-likeness (QED) is 0.700. The highest BCUT2D eigenvalue weighted by molar-refractivity contribution is 5.95. The molecule has 0 aliphatic heterocycles. The van der Waals surface area contributed by atoms with E-state index in [2.05, 4.69) is 19.2 Å². The zero-order chi connectivity index (χ0) is 18.1. The van der Waals surface area contributed by atoms with Gasteiger partial charge in [0.1, 0.15) is 0 Å². The molecule has 1 aromatic rings. The molecular formula is C19H31NO4. The number of nitrogens with one attached hydrogen (secondary N) is 1. The fourth-order valence-electron chi connectivity index (χ4n) is 2.59. The summed E-state index contributed by atoms with van der Waals surface area (Å²) in [5, 5.41) is 3.03. The molecule has 0 bridgehead atoms. The fourth-order valence-corrected chi connectivity index (χ4v) is 2.59. The smallest absolute Gasteiger partial charge is 0.251 e. The van der Waals surface area contributed by atoms with Crippen LogP contribution in [0.4, 0.5) is 0 Å². The van der Waals surface area contributed by atoms with E-state index in [1.807, 2.05) is 27.7 Å². The van der Waals surface area contributed by atoms with Crippen molar-refractivity contribution in [2.24, 2.45) is 5.92 Å². The Morgan fingerprint density at radius 3 is 1.88 bits per heavy atom. The summed E-state index contributed by atoms with van der Waals surface area (Å²) >= 11 is 0. The minimum atomic E-state index is -0.131. The van der Waals surface area contributed by atoms with Crippen LogP contribution in [0.3, 0.4) is 0 Å². The lowest BCUT2D eigenvalue weighted by atomic mass is 10.0. The van der Waals surface area contributed by atoms with Gasteiger partial charge in [0.25, 0.3) is 5.91 Å².